The van der Waals surface area contributed by atoms with E-state index in [2.05, 4.69) is 38.2 Å². The number of carbonyl (C=O) groups is 2. The second-order valence-corrected chi connectivity index (χ2v) is 10.1. The summed E-state index contributed by atoms with van der Waals surface area (Å²) in [6.45, 7) is 1.41. The van der Waals surface area contributed by atoms with E-state index in [0.717, 1.165) is 9.64 Å². The highest BCUT2D eigenvalue weighted by Crippen LogP contribution is 2.38. The predicted molar refractivity (Wildman–Crippen MR) is 148 cm³/mol. The fourth-order valence-corrected chi connectivity index (χ4v) is 4.45. The van der Waals surface area contributed by atoms with Crippen LogP contribution in [0, 0.1) is 20.7 Å². The van der Waals surface area contributed by atoms with Gasteiger partial charge in [-0.3, -0.25) is 9.59 Å². The lowest BCUT2D eigenvalue weighted by atomic mass is 9.96. The normalized spacial score (nSPS) is 12.2. The molecule has 0 fully saturated rings. The maximum atomic E-state index is 14.6. The number of aryl methyl sites for hydroxylation is 1. The molecule has 7 nitrogen and oxygen atoms in total. The minimum Gasteiger partial charge on any atom is -0.437 e. The largest absolute Gasteiger partial charge is 0.437 e. The quantitative estimate of drug-likeness (QED) is 0.176. The number of hydrogen-bond acceptors (Lipinski definition) is 5. The molecule has 2 N–H and O–H groups in total. The number of benzene rings is 2. The summed E-state index contributed by atoms with van der Waals surface area (Å²) in [5.41, 5.74) is 0.581. The van der Waals surface area contributed by atoms with Gasteiger partial charge in [0.05, 0.1) is 28.3 Å². The van der Waals surface area contributed by atoms with E-state index in [0.29, 0.717) is 5.56 Å². The third-order valence-corrected chi connectivity index (χ3v) is 6.75. The molecule has 0 bridgehead atoms. The van der Waals surface area contributed by atoms with Crippen molar-refractivity contribution < 1.29 is 31.6 Å². The van der Waals surface area contributed by atoms with E-state index in [-0.39, 0.29) is 39.2 Å². The number of halogens is 5. The molecule has 206 valence electrons. The predicted octanol–water partition coefficient (Wildman–Crippen LogP) is 6.40. The fraction of sp³-hybridized carbons (Fsp3) is 0.214. The van der Waals surface area contributed by atoms with Crippen molar-refractivity contribution in [3.63, 3.8) is 0 Å². The van der Waals surface area contributed by atoms with Gasteiger partial charge in [-0.25, -0.2) is 9.37 Å². The van der Waals surface area contributed by atoms with E-state index in [1.54, 1.807) is 12.1 Å². The minimum absolute atomic E-state index is 0.0143. The Bertz CT molecular complexity index is 1640. The Balaban J connectivity index is 1.96. The Hall–Kier alpha value is -3.99. The lowest BCUT2D eigenvalue weighted by Crippen LogP contribution is -2.31. The molecule has 0 aliphatic heterocycles. The molecule has 1 unspecified atom stereocenters. The van der Waals surface area contributed by atoms with Gasteiger partial charge in [-0.05, 0) is 71.8 Å². The first-order valence-electron chi connectivity index (χ1n) is 11.9. The van der Waals surface area contributed by atoms with Crippen LogP contribution in [-0.2, 0) is 6.42 Å². The lowest BCUT2D eigenvalue weighted by Gasteiger charge is -2.13. The van der Waals surface area contributed by atoms with Crippen LogP contribution in [-0.4, -0.2) is 36.1 Å². The van der Waals surface area contributed by atoms with Gasteiger partial charge >= 0.3 is 6.18 Å². The molecule has 2 aromatic heterocycles. The van der Waals surface area contributed by atoms with Crippen LogP contribution in [0.25, 0.3) is 33.6 Å². The molecule has 4 rings (SSSR count). The summed E-state index contributed by atoms with van der Waals surface area (Å²) >= 11 is 2.12. The van der Waals surface area contributed by atoms with Crippen LogP contribution in [0.3, 0.4) is 0 Å². The third kappa shape index (κ3) is 6.25. The van der Waals surface area contributed by atoms with Crippen molar-refractivity contribution in [2.45, 2.75) is 32.0 Å². The average molecular weight is 664 g/mol. The SMILES string of the molecule is CNC(=O)c1c(-c2ccc(I)cc2)oc2nc(CCC(F)(F)F)c(-c3ccc(F)c(C(=O)NC(C)C#N)c3)cc12. The van der Waals surface area contributed by atoms with E-state index in [1.807, 2.05) is 18.2 Å². The molecule has 2 aromatic carbocycles. The first-order chi connectivity index (χ1) is 18.9. The van der Waals surface area contributed by atoms with Crippen molar-refractivity contribution in [2.24, 2.45) is 0 Å². The number of pyridine rings is 1. The number of nitrogens with zero attached hydrogens (tertiary/aromatic N) is 2. The van der Waals surface area contributed by atoms with E-state index in [1.165, 1.54) is 32.2 Å². The number of carbonyl (C=O) groups excluding carboxylic acids is 2. The Morgan fingerprint density at radius 3 is 2.40 bits per heavy atom. The molecule has 0 saturated carbocycles. The van der Waals surface area contributed by atoms with Gasteiger partial charge in [-0.2, -0.15) is 18.4 Å². The Morgan fingerprint density at radius 1 is 1.10 bits per heavy atom. The van der Waals surface area contributed by atoms with Crippen molar-refractivity contribution in [1.29, 1.82) is 5.26 Å². The maximum Gasteiger partial charge on any atom is 0.389 e. The molecule has 0 aliphatic carbocycles. The number of aromatic nitrogens is 1. The summed E-state index contributed by atoms with van der Waals surface area (Å²) in [6, 6.07) is 13.0. The van der Waals surface area contributed by atoms with Gasteiger partial charge in [-0.15, -0.1) is 0 Å². The van der Waals surface area contributed by atoms with Crippen molar-refractivity contribution in [3.8, 4) is 28.5 Å². The minimum atomic E-state index is -4.49. The number of furan rings is 1. The van der Waals surface area contributed by atoms with Crippen molar-refractivity contribution in [3.05, 3.63) is 74.7 Å². The molecular formula is C28H21F4IN4O3. The number of nitriles is 1. The van der Waals surface area contributed by atoms with Gasteiger partial charge < -0.3 is 15.1 Å². The third-order valence-electron chi connectivity index (χ3n) is 6.03. The molecule has 0 saturated heterocycles. The molecule has 12 heteroatoms. The smallest absolute Gasteiger partial charge is 0.389 e. The summed E-state index contributed by atoms with van der Waals surface area (Å²) in [6.07, 6.45) is -6.22. The van der Waals surface area contributed by atoms with E-state index < -0.39 is 48.3 Å². The molecule has 40 heavy (non-hydrogen) atoms. The molecule has 2 heterocycles. The topological polar surface area (TPSA) is 108 Å². The molecule has 4 aromatic rings. The zero-order chi connectivity index (χ0) is 29.2. The van der Waals surface area contributed by atoms with E-state index in [4.69, 9.17) is 9.68 Å². The van der Waals surface area contributed by atoms with E-state index >= 15 is 0 Å². The van der Waals surface area contributed by atoms with Gasteiger partial charge in [0, 0.05) is 28.2 Å². The fourth-order valence-electron chi connectivity index (χ4n) is 4.09. The van der Waals surface area contributed by atoms with Gasteiger partial charge in [0.15, 0.2) is 0 Å². The van der Waals surface area contributed by atoms with Gasteiger partial charge in [0.2, 0.25) is 5.71 Å². The highest BCUT2D eigenvalue weighted by molar-refractivity contribution is 14.1. The number of nitrogens with one attached hydrogen (secondary N) is 2. The summed E-state index contributed by atoms with van der Waals surface area (Å²) in [5.74, 6) is -2.07. The van der Waals surface area contributed by atoms with Crippen molar-refractivity contribution >= 4 is 45.5 Å². The number of rotatable bonds is 7. The molecule has 0 radical (unpaired) electrons. The van der Waals surface area contributed by atoms with Crippen LogP contribution in [0.5, 0.6) is 0 Å². The highest BCUT2D eigenvalue weighted by atomic mass is 127. The van der Waals surface area contributed by atoms with Crippen LogP contribution in [0.2, 0.25) is 0 Å². The van der Waals surface area contributed by atoms with Crippen LogP contribution in [0.15, 0.2) is 52.9 Å². The molecule has 1 atom stereocenters. The summed E-state index contributed by atoms with van der Waals surface area (Å²) in [4.78, 5) is 30.0. The zero-order valence-electron chi connectivity index (χ0n) is 21.1. The second-order valence-electron chi connectivity index (χ2n) is 8.86. The van der Waals surface area contributed by atoms with Crippen molar-refractivity contribution in [2.75, 3.05) is 7.05 Å². The summed E-state index contributed by atoms with van der Waals surface area (Å²) < 4.78 is 61.1. The molecular weight excluding hydrogens is 643 g/mol. The van der Waals surface area contributed by atoms with Crippen LogP contribution >= 0.6 is 22.6 Å². The van der Waals surface area contributed by atoms with Gasteiger partial charge in [0.25, 0.3) is 11.8 Å². The molecule has 2 amide bonds. The number of alkyl halides is 3. The molecule has 0 aliphatic rings. The van der Waals surface area contributed by atoms with E-state index in [9.17, 15) is 27.2 Å². The lowest BCUT2D eigenvalue weighted by molar-refractivity contribution is -0.134. The first-order valence-corrected chi connectivity index (χ1v) is 13.0. The number of fused-ring (bicyclic) bond motifs is 1. The highest BCUT2D eigenvalue weighted by Gasteiger charge is 2.29. The maximum absolute atomic E-state index is 14.6. The Kier molecular flexibility index (Phi) is 8.43. The first kappa shape index (κ1) is 29.0. The average Bonchev–Trinajstić information content (AvgIpc) is 3.29. The van der Waals surface area contributed by atoms with Crippen LogP contribution in [0.1, 0.15) is 39.8 Å². The van der Waals surface area contributed by atoms with Crippen LogP contribution < -0.4 is 10.6 Å². The standard InChI is InChI=1S/C28H21F4IN4O3/c1-14(13-34)36-25(38)19-11-16(5-8-21(19)29)18-12-20-23(26(39)35-2)24(15-3-6-17(33)7-4-15)40-27(20)37-22(18)9-10-28(30,31)32/h3-8,11-12,14H,9-10H2,1-2H3,(H,35,39)(H,36,38). The van der Waals surface area contributed by atoms with Crippen molar-refractivity contribution in [1.82, 2.24) is 15.6 Å². The Morgan fingerprint density at radius 2 is 1.77 bits per heavy atom. The number of hydrogen-bond donors (Lipinski definition) is 2. The monoisotopic (exact) mass is 664 g/mol. The second kappa shape index (κ2) is 11.6. The number of amides is 2. The summed E-state index contributed by atoms with van der Waals surface area (Å²) in [5, 5.41) is 14.1. The summed E-state index contributed by atoms with van der Waals surface area (Å²) in [7, 11) is 1.43. The Labute approximate surface area is 239 Å². The zero-order valence-corrected chi connectivity index (χ0v) is 23.3. The van der Waals surface area contributed by atoms with Crippen LogP contribution in [0.4, 0.5) is 17.6 Å². The molecule has 0 spiro atoms. The van der Waals surface area contributed by atoms with Gasteiger partial charge in [-0.1, -0.05) is 18.2 Å². The van der Waals surface area contributed by atoms with Gasteiger partial charge in [0.1, 0.15) is 17.6 Å².